The van der Waals surface area contributed by atoms with Crippen LogP contribution >= 0.6 is 15.9 Å². The predicted molar refractivity (Wildman–Crippen MR) is 108 cm³/mol. The van der Waals surface area contributed by atoms with Gasteiger partial charge in [-0.2, -0.15) is 4.31 Å². The van der Waals surface area contributed by atoms with Crippen LogP contribution in [-0.2, 0) is 14.8 Å². The van der Waals surface area contributed by atoms with Crippen LogP contribution in [0.4, 0.5) is 11.5 Å². The van der Waals surface area contributed by atoms with Gasteiger partial charge in [-0.05, 0) is 49.2 Å². The third-order valence-electron chi connectivity index (χ3n) is 4.23. The number of pyridine rings is 1. The fourth-order valence-corrected chi connectivity index (χ4v) is 4.50. The second-order valence-corrected chi connectivity index (χ2v) is 9.08. The number of anilines is 2. The Labute approximate surface area is 167 Å². The number of rotatable bonds is 7. The van der Waals surface area contributed by atoms with Crippen molar-refractivity contribution < 1.29 is 13.2 Å². The molecular formula is C18H21BrN4O3S. The second kappa shape index (κ2) is 8.81. The van der Waals surface area contributed by atoms with E-state index in [-0.39, 0.29) is 17.2 Å². The zero-order chi connectivity index (χ0) is 19.3. The highest BCUT2D eigenvalue weighted by Crippen LogP contribution is 2.21. The van der Waals surface area contributed by atoms with E-state index in [1.807, 2.05) is 24.3 Å². The van der Waals surface area contributed by atoms with E-state index in [2.05, 4.69) is 31.5 Å². The Morgan fingerprint density at radius 2 is 1.81 bits per heavy atom. The predicted octanol–water partition coefficient (Wildman–Crippen LogP) is 3.07. The van der Waals surface area contributed by atoms with E-state index in [0.717, 1.165) is 23.0 Å². The fraction of sp³-hybridized carbons (Fsp3) is 0.333. The molecule has 1 aromatic heterocycles. The Bertz CT molecular complexity index is 880. The molecule has 7 nitrogen and oxygen atoms in total. The van der Waals surface area contributed by atoms with Crippen LogP contribution < -0.4 is 10.6 Å². The topological polar surface area (TPSA) is 91.4 Å². The van der Waals surface area contributed by atoms with Crippen molar-refractivity contribution in [3.05, 3.63) is 47.1 Å². The summed E-state index contributed by atoms with van der Waals surface area (Å²) in [4.78, 5) is 16.3. The number of halogens is 1. The van der Waals surface area contributed by atoms with Crippen LogP contribution in [0.15, 0.2) is 52.0 Å². The molecule has 1 aliphatic rings. The van der Waals surface area contributed by atoms with Crippen LogP contribution in [0, 0.1) is 0 Å². The maximum atomic E-state index is 12.5. The van der Waals surface area contributed by atoms with Crippen molar-refractivity contribution in [1.29, 1.82) is 0 Å². The van der Waals surface area contributed by atoms with Gasteiger partial charge in [0.25, 0.3) is 0 Å². The molecule has 0 unspecified atom stereocenters. The Morgan fingerprint density at radius 3 is 2.44 bits per heavy atom. The van der Waals surface area contributed by atoms with Crippen LogP contribution in [0.1, 0.15) is 19.3 Å². The van der Waals surface area contributed by atoms with Crippen molar-refractivity contribution in [2.45, 2.75) is 24.2 Å². The third-order valence-corrected chi connectivity index (χ3v) is 6.64. The summed E-state index contributed by atoms with van der Waals surface area (Å²) < 4.78 is 27.3. The summed E-state index contributed by atoms with van der Waals surface area (Å²) >= 11 is 3.35. The van der Waals surface area contributed by atoms with Gasteiger partial charge in [0.05, 0.1) is 0 Å². The van der Waals surface area contributed by atoms with Crippen LogP contribution in [0.5, 0.6) is 0 Å². The first-order chi connectivity index (χ1) is 12.9. The number of aromatic nitrogens is 1. The lowest BCUT2D eigenvalue weighted by Crippen LogP contribution is -2.27. The quantitative estimate of drug-likeness (QED) is 0.673. The van der Waals surface area contributed by atoms with E-state index in [0.29, 0.717) is 25.5 Å². The largest absolute Gasteiger partial charge is 0.370 e. The number of nitrogens with one attached hydrogen (secondary N) is 2. The van der Waals surface area contributed by atoms with Gasteiger partial charge >= 0.3 is 0 Å². The molecule has 1 saturated heterocycles. The molecule has 144 valence electrons. The molecular weight excluding hydrogens is 432 g/mol. The molecule has 27 heavy (non-hydrogen) atoms. The van der Waals surface area contributed by atoms with Crippen molar-refractivity contribution in [2.75, 3.05) is 30.3 Å². The zero-order valence-electron chi connectivity index (χ0n) is 14.7. The van der Waals surface area contributed by atoms with Crippen LogP contribution in [0.2, 0.25) is 0 Å². The average Bonchev–Trinajstić information content (AvgIpc) is 3.20. The number of benzene rings is 1. The molecule has 1 amide bonds. The lowest BCUT2D eigenvalue weighted by atomic mass is 10.3. The van der Waals surface area contributed by atoms with Gasteiger partial charge in [-0.25, -0.2) is 13.4 Å². The zero-order valence-corrected chi connectivity index (χ0v) is 17.1. The smallest absolute Gasteiger partial charge is 0.244 e. The van der Waals surface area contributed by atoms with E-state index in [1.54, 1.807) is 12.1 Å². The molecule has 2 aromatic rings. The second-order valence-electron chi connectivity index (χ2n) is 6.22. The normalized spacial score (nSPS) is 14.9. The maximum absolute atomic E-state index is 12.5. The van der Waals surface area contributed by atoms with Crippen molar-refractivity contribution in [3.63, 3.8) is 0 Å². The summed E-state index contributed by atoms with van der Waals surface area (Å²) in [6, 6.07) is 10.5. The Kier molecular flexibility index (Phi) is 6.46. The summed E-state index contributed by atoms with van der Waals surface area (Å²) in [5, 5.41) is 5.84. The molecule has 2 heterocycles. The van der Waals surface area contributed by atoms with E-state index in [1.165, 1.54) is 10.5 Å². The summed E-state index contributed by atoms with van der Waals surface area (Å²) in [7, 11) is -3.45. The monoisotopic (exact) mass is 452 g/mol. The molecule has 0 radical (unpaired) electrons. The van der Waals surface area contributed by atoms with Gasteiger partial charge in [0.15, 0.2) is 0 Å². The van der Waals surface area contributed by atoms with Gasteiger partial charge in [-0.1, -0.05) is 15.9 Å². The van der Waals surface area contributed by atoms with Gasteiger partial charge in [-0.15, -0.1) is 0 Å². The molecule has 0 aliphatic carbocycles. The molecule has 1 aliphatic heterocycles. The van der Waals surface area contributed by atoms with Crippen LogP contribution in [0.25, 0.3) is 0 Å². The Balaban J connectivity index is 1.48. The first kappa shape index (κ1) is 19.8. The molecule has 0 spiro atoms. The summed E-state index contributed by atoms with van der Waals surface area (Å²) in [6.07, 6.45) is 3.42. The number of carbonyl (C=O) groups is 1. The number of amides is 1. The Hall–Kier alpha value is -1.97. The lowest BCUT2D eigenvalue weighted by Gasteiger charge is -2.15. The van der Waals surface area contributed by atoms with Crippen LogP contribution in [0.3, 0.4) is 0 Å². The molecule has 1 aromatic carbocycles. The van der Waals surface area contributed by atoms with Crippen molar-refractivity contribution >= 4 is 43.4 Å². The van der Waals surface area contributed by atoms with Gasteiger partial charge in [0, 0.05) is 42.4 Å². The number of hydrogen-bond acceptors (Lipinski definition) is 5. The summed E-state index contributed by atoms with van der Waals surface area (Å²) in [5.74, 6) is 0.421. The van der Waals surface area contributed by atoms with Crippen molar-refractivity contribution in [2.24, 2.45) is 0 Å². The molecule has 0 saturated carbocycles. The minimum absolute atomic E-state index is 0.113. The molecule has 3 rings (SSSR count). The fourth-order valence-electron chi connectivity index (χ4n) is 2.78. The standard InChI is InChI=1S/C18H21BrN4O3S/c19-14-3-5-15(6-4-14)22-18(24)9-10-20-17-8-7-16(13-21-17)27(25,26)23-11-1-2-12-23/h3-8,13H,1-2,9-12H2,(H,20,21)(H,22,24). The highest BCUT2D eigenvalue weighted by molar-refractivity contribution is 9.10. The van der Waals surface area contributed by atoms with Gasteiger partial charge in [0.1, 0.15) is 10.7 Å². The number of sulfonamides is 1. The first-order valence-corrected chi connectivity index (χ1v) is 10.9. The van der Waals surface area contributed by atoms with Crippen molar-refractivity contribution in [1.82, 2.24) is 9.29 Å². The minimum Gasteiger partial charge on any atom is -0.370 e. The highest BCUT2D eigenvalue weighted by atomic mass is 79.9. The lowest BCUT2D eigenvalue weighted by molar-refractivity contribution is -0.115. The summed E-state index contributed by atoms with van der Waals surface area (Å²) in [5.41, 5.74) is 0.734. The first-order valence-electron chi connectivity index (χ1n) is 8.71. The van der Waals surface area contributed by atoms with Crippen LogP contribution in [-0.4, -0.2) is 43.2 Å². The van der Waals surface area contributed by atoms with Gasteiger partial charge < -0.3 is 10.6 Å². The maximum Gasteiger partial charge on any atom is 0.244 e. The Morgan fingerprint density at radius 1 is 1.11 bits per heavy atom. The highest BCUT2D eigenvalue weighted by Gasteiger charge is 2.27. The molecule has 2 N–H and O–H groups in total. The van der Waals surface area contributed by atoms with Gasteiger partial charge in [0.2, 0.25) is 15.9 Å². The van der Waals surface area contributed by atoms with Gasteiger partial charge in [-0.3, -0.25) is 4.79 Å². The van der Waals surface area contributed by atoms with E-state index in [9.17, 15) is 13.2 Å². The SMILES string of the molecule is O=C(CCNc1ccc(S(=O)(=O)N2CCCC2)cn1)Nc1ccc(Br)cc1. The average molecular weight is 453 g/mol. The summed E-state index contributed by atoms with van der Waals surface area (Å²) in [6.45, 7) is 1.53. The number of nitrogens with zero attached hydrogens (tertiary/aromatic N) is 2. The molecule has 1 fully saturated rings. The number of carbonyl (C=O) groups excluding carboxylic acids is 1. The third kappa shape index (κ3) is 5.27. The number of hydrogen-bond donors (Lipinski definition) is 2. The minimum atomic E-state index is -3.45. The van der Waals surface area contributed by atoms with E-state index in [4.69, 9.17) is 0 Å². The van der Waals surface area contributed by atoms with E-state index >= 15 is 0 Å². The molecule has 0 bridgehead atoms. The molecule has 0 atom stereocenters. The van der Waals surface area contributed by atoms with Crippen molar-refractivity contribution in [3.8, 4) is 0 Å². The molecule has 9 heteroatoms. The van der Waals surface area contributed by atoms with E-state index < -0.39 is 10.0 Å².